The van der Waals surface area contributed by atoms with E-state index < -0.39 is 0 Å². The fourth-order valence-corrected chi connectivity index (χ4v) is 3.09. The summed E-state index contributed by atoms with van der Waals surface area (Å²) in [7, 11) is 3.23. The Bertz CT molecular complexity index is 769. The topological polar surface area (TPSA) is 66.0 Å². The van der Waals surface area contributed by atoms with Gasteiger partial charge in [0.05, 0.1) is 26.7 Å². The van der Waals surface area contributed by atoms with Crippen molar-refractivity contribution in [3.05, 3.63) is 53.6 Å². The smallest absolute Gasteiger partial charge is 0.224 e. The molecule has 6 nitrogen and oxygen atoms in total. The molecular formula is C22H27NO5. The largest absolute Gasteiger partial charge is 0.497 e. The lowest BCUT2D eigenvalue weighted by Crippen LogP contribution is -2.24. The van der Waals surface area contributed by atoms with Gasteiger partial charge >= 0.3 is 0 Å². The highest BCUT2D eigenvalue weighted by molar-refractivity contribution is 5.78. The maximum atomic E-state index is 12.2. The van der Waals surface area contributed by atoms with Crippen LogP contribution < -0.4 is 19.5 Å². The maximum Gasteiger partial charge on any atom is 0.224 e. The predicted molar refractivity (Wildman–Crippen MR) is 106 cm³/mol. The molecule has 1 heterocycles. The molecular weight excluding hydrogens is 358 g/mol. The number of hydrogen-bond donors (Lipinski definition) is 1. The van der Waals surface area contributed by atoms with Gasteiger partial charge in [0.1, 0.15) is 12.4 Å². The molecule has 1 aliphatic rings. The van der Waals surface area contributed by atoms with E-state index in [1.807, 2.05) is 42.5 Å². The van der Waals surface area contributed by atoms with Gasteiger partial charge in [-0.2, -0.15) is 0 Å². The number of rotatable bonds is 9. The van der Waals surface area contributed by atoms with Gasteiger partial charge in [-0.3, -0.25) is 4.79 Å². The highest BCUT2D eigenvalue weighted by Crippen LogP contribution is 2.29. The molecule has 1 amide bonds. The maximum absolute atomic E-state index is 12.2. The Hall–Kier alpha value is -2.73. The van der Waals surface area contributed by atoms with Crippen LogP contribution in [0.1, 0.15) is 24.0 Å². The molecule has 0 saturated carbocycles. The lowest BCUT2D eigenvalue weighted by molar-refractivity contribution is -0.120. The molecule has 2 aromatic carbocycles. The van der Waals surface area contributed by atoms with Crippen molar-refractivity contribution in [2.45, 2.75) is 31.9 Å². The first kappa shape index (κ1) is 20.0. The second-order valence-corrected chi connectivity index (χ2v) is 6.73. The van der Waals surface area contributed by atoms with Crippen molar-refractivity contribution in [2.75, 3.05) is 27.4 Å². The van der Waals surface area contributed by atoms with Gasteiger partial charge in [-0.05, 0) is 48.2 Å². The number of nitrogens with one attached hydrogen (secondary N) is 1. The SMILES string of the molecule is COc1ccc(CC(=O)NCc2ccc(OCC3CCCO3)c(OC)c2)cc1. The van der Waals surface area contributed by atoms with Crippen molar-refractivity contribution in [3.63, 3.8) is 0 Å². The van der Waals surface area contributed by atoms with Crippen LogP contribution in [0.15, 0.2) is 42.5 Å². The van der Waals surface area contributed by atoms with Crippen molar-refractivity contribution >= 4 is 5.91 Å². The molecule has 0 radical (unpaired) electrons. The van der Waals surface area contributed by atoms with Gasteiger partial charge < -0.3 is 24.3 Å². The highest BCUT2D eigenvalue weighted by atomic mass is 16.5. The van der Waals surface area contributed by atoms with E-state index in [1.165, 1.54) is 0 Å². The van der Waals surface area contributed by atoms with Crippen LogP contribution in [0.5, 0.6) is 17.2 Å². The first-order valence-electron chi connectivity index (χ1n) is 9.49. The second-order valence-electron chi connectivity index (χ2n) is 6.73. The molecule has 0 aromatic heterocycles. The molecule has 1 unspecified atom stereocenters. The molecule has 0 bridgehead atoms. The van der Waals surface area contributed by atoms with Gasteiger partial charge in [-0.1, -0.05) is 18.2 Å². The van der Waals surface area contributed by atoms with Crippen LogP contribution in [-0.4, -0.2) is 39.4 Å². The number of benzene rings is 2. The third-order valence-corrected chi connectivity index (χ3v) is 4.69. The number of methoxy groups -OCH3 is 2. The number of carbonyl (C=O) groups excluding carboxylic acids is 1. The lowest BCUT2D eigenvalue weighted by atomic mass is 10.1. The van der Waals surface area contributed by atoms with Crippen molar-refractivity contribution in [1.29, 1.82) is 0 Å². The standard InChI is InChI=1S/C22H27NO5/c1-25-18-8-5-16(6-9-18)13-22(24)23-14-17-7-10-20(21(12-17)26-2)28-15-19-4-3-11-27-19/h5-10,12,19H,3-4,11,13-15H2,1-2H3,(H,23,24). The molecule has 1 saturated heterocycles. The zero-order valence-electron chi connectivity index (χ0n) is 16.4. The van der Waals surface area contributed by atoms with E-state index in [-0.39, 0.29) is 12.0 Å². The van der Waals surface area contributed by atoms with Crippen LogP contribution in [0.4, 0.5) is 0 Å². The molecule has 1 N–H and O–H groups in total. The van der Waals surface area contributed by atoms with E-state index in [1.54, 1.807) is 14.2 Å². The third kappa shape index (κ3) is 5.63. The van der Waals surface area contributed by atoms with E-state index >= 15 is 0 Å². The summed E-state index contributed by atoms with van der Waals surface area (Å²) >= 11 is 0. The van der Waals surface area contributed by atoms with Crippen molar-refractivity contribution < 1.29 is 23.7 Å². The third-order valence-electron chi connectivity index (χ3n) is 4.69. The van der Waals surface area contributed by atoms with Crippen molar-refractivity contribution in [3.8, 4) is 17.2 Å². The minimum Gasteiger partial charge on any atom is -0.497 e. The summed E-state index contributed by atoms with van der Waals surface area (Å²) in [6.07, 6.45) is 2.59. The summed E-state index contributed by atoms with van der Waals surface area (Å²) in [6, 6.07) is 13.2. The molecule has 28 heavy (non-hydrogen) atoms. The monoisotopic (exact) mass is 385 g/mol. The van der Waals surface area contributed by atoms with E-state index in [4.69, 9.17) is 18.9 Å². The van der Waals surface area contributed by atoms with Crippen molar-refractivity contribution in [1.82, 2.24) is 5.32 Å². The molecule has 0 spiro atoms. The molecule has 3 rings (SSSR count). The number of amides is 1. The molecule has 1 aliphatic heterocycles. The summed E-state index contributed by atoms with van der Waals surface area (Å²) in [5.74, 6) is 2.08. The Morgan fingerprint density at radius 2 is 1.86 bits per heavy atom. The first-order valence-corrected chi connectivity index (χ1v) is 9.49. The molecule has 0 aliphatic carbocycles. The van der Waals surface area contributed by atoms with E-state index in [2.05, 4.69) is 5.32 Å². The summed E-state index contributed by atoms with van der Waals surface area (Å²) in [6.45, 7) is 1.76. The fourth-order valence-electron chi connectivity index (χ4n) is 3.09. The number of carbonyl (C=O) groups is 1. The first-order chi connectivity index (χ1) is 13.7. The average Bonchev–Trinajstić information content (AvgIpc) is 3.25. The van der Waals surface area contributed by atoms with Crippen LogP contribution in [0, 0.1) is 0 Å². The highest BCUT2D eigenvalue weighted by Gasteiger charge is 2.17. The molecule has 1 fully saturated rings. The second kappa shape index (κ2) is 9.99. The fraction of sp³-hybridized carbons (Fsp3) is 0.409. The Morgan fingerprint density at radius 1 is 1.07 bits per heavy atom. The zero-order chi connectivity index (χ0) is 19.8. The van der Waals surface area contributed by atoms with E-state index in [0.717, 1.165) is 36.3 Å². The normalized spacial score (nSPS) is 15.9. The van der Waals surface area contributed by atoms with E-state index in [9.17, 15) is 4.79 Å². The molecule has 2 aromatic rings. The summed E-state index contributed by atoms with van der Waals surface area (Å²) in [5.41, 5.74) is 1.89. The lowest BCUT2D eigenvalue weighted by Gasteiger charge is -2.15. The minimum atomic E-state index is -0.0390. The van der Waals surface area contributed by atoms with Gasteiger partial charge in [0, 0.05) is 13.2 Å². The van der Waals surface area contributed by atoms with Crippen LogP contribution in [0.25, 0.3) is 0 Å². The van der Waals surface area contributed by atoms with Gasteiger partial charge in [-0.25, -0.2) is 0 Å². The molecule has 150 valence electrons. The molecule has 1 atom stereocenters. The van der Waals surface area contributed by atoms with Crippen LogP contribution in [-0.2, 0) is 22.5 Å². The summed E-state index contributed by atoms with van der Waals surface area (Å²) in [4.78, 5) is 12.2. The molecule has 6 heteroatoms. The Balaban J connectivity index is 1.50. The Labute approximate surface area is 165 Å². The minimum absolute atomic E-state index is 0.0390. The Kier molecular flexibility index (Phi) is 7.14. The van der Waals surface area contributed by atoms with Gasteiger partial charge in [0.25, 0.3) is 0 Å². The van der Waals surface area contributed by atoms with Gasteiger partial charge in [-0.15, -0.1) is 0 Å². The Morgan fingerprint density at radius 3 is 2.54 bits per heavy atom. The van der Waals surface area contributed by atoms with Gasteiger partial charge in [0.15, 0.2) is 11.5 Å². The predicted octanol–water partition coefficient (Wildman–Crippen LogP) is 3.12. The van der Waals surface area contributed by atoms with Crippen LogP contribution >= 0.6 is 0 Å². The number of ether oxygens (including phenoxy) is 4. The quantitative estimate of drug-likeness (QED) is 0.718. The number of hydrogen-bond acceptors (Lipinski definition) is 5. The zero-order valence-corrected chi connectivity index (χ0v) is 16.4. The average molecular weight is 385 g/mol. The van der Waals surface area contributed by atoms with Crippen LogP contribution in [0.2, 0.25) is 0 Å². The summed E-state index contributed by atoms with van der Waals surface area (Å²) < 4.78 is 22.0. The van der Waals surface area contributed by atoms with Gasteiger partial charge in [0.2, 0.25) is 5.91 Å². The summed E-state index contributed by atoms with van der Waals surface area (Å²) in [5, 5.41) is 2.94. The van der Waals surface area contributed by atoms with E-state index in [0.29, 0.717) is 31.1 Å². The van der Waals surface area contributed by atoms with Crippen LogP contribution in [0.3, 0.4) is 0 Å². The van der Waals surface area contributed by atoms with Crippen molar-refractivity contribution in [2.24, 2.45) is 0 Å².